The zero-order valence-electron chi connectivity index (χ0n) is 9.79. The lowest BCUT2D eigenvalue weighted by Crippen LogP contribution is -2.23. The van der Waals surface area contributed by atoms with Crippen LogP contribution in [0, 0.1) is 6.92 Å². The number of nitrogens with zero attached hydrogens (tertiary/aromatic N) is 2. The van der Waals surface area contributed by atoms with Crippen LogP contribution in [-0.2, 0) is 0 Å². The molecule has 0 saturated heterocycles. The van der Waals surface area contributed by atoms with Crippen molar-refractivity contribution in [1.82, 2.24) is 10.1 Å². The molecule has 0 aliphatic rings. The molecule has 90 valence electrons. The molecular weight excluding hydrogens is 218 g/mol. The normalized spacial score (nSPS) is 14.6. The smallest absolute Gasteiger partial charge is 0.246 e. The molecule has 0 unspecified atom stereocenters. The largest absolute Gasteiger partial charge is 0.391 e. The molecule has 0 saturated carbocycles. The zero-order valence-corrected chi connectivity index (χ0v) is 9.79. The molecule has 3 N–H and O–H groups in total. The summed E-state index contributed by atoms with van der Waals surface area (Å²) in [5.74, 6) is 0.743. The molecule has 0 amide bonds. The highest BCUT2D eigenvalue weighted by Crippen LogP contribution is 2.21. The number of aliphatic hydroxyl groups excluding tert-OH is 1. The number of aromatic nitrogens is 2. The minimum Gasteiger partial charge on any atom is -0.391 e. The summed E-state index contributed by atoms with van der Waals surface area (Å²) in [4.78, 5) is 4.20. The van der Waals surface area contributed by atoms with Crippen molar-refractivity contribution in [2.75, 3.05) is 0 Å². The van der Waals surface area contributed by atoms with E-state index in [1.165, 1.54) is 0 Å². The van der Waals surface area contributed by atoms with Crippen molar-refractivity contribution in [1.29, 1.82) is 0 Å². The van der Waals surface area contributed by atoms with Crippen LogP contribution in [0.4, 0.5) is 0 Å². The maximum absolute atomic E-state index is 9.36. The monoisotopic (exact) mass is 233 g/mol. The van der Waals surface area contributed by atoms with Crippen LogP contribution in [0.5, 0.6) is 0 Å². The molecule has 5 nitrogen and oxygen atoms in total. The first kappa shape index (κ1) is 11.8. The summed E-state index contributed by atoms with van der Waals surface area (Å²) in [6.07, 6.45) is -0.722. The first-order chi connectivity index (χ1) is 8.09. The fourth-order valence-electron chi connectivity index (χ4n) is 1.51. The van der Waals surface area contributed by atoms with Crippen molar-refractivity contribution in [3.05, 3.63) is 35.7 Å². The standard InChI is InChI=1S/C12H15N3O2/c1-7-5-3-4-6-9(7)11-14-12(17-15-11)10(13)8(2)16/h3-6,8,10,16H,13H2,1-2H3/t8-,10+/m1/s1. The van der Waals surface area contributed by atoms with Crippen molar-refractivity contribution in [2.45, 2.75) is 26.0 Å². The topological polar surface area (TPSA) is 85.2 Å². The van der Waals surface area contributed by atoms with Gasteiger partial charge in [-0.1, -0.05) is 29.4 Å². The van der Waals surface area contributed by atoms with E-state index in [0.717, 1.165) is 11.1 Å². The molecule has 0 bridgehead atoms. The van der Waals surface area contributed by atoms with E-state index in [0.29, 0.717) is 5.82 Å². The van der Waals surface area contributed by atoms with Gasteiger partial charge in [0.15, 0.2) is 0 Å². The SMILES string of the molecule is Cc1ccccc1-c1noc([C@@H](N)[C@@H](C)O)n1. The van der Waals surface area contributed by atoms with Gasteiger partial charge in [0.05, 0.1) is 6.10 Å². The van der Waals surface area contributed by atoms with Gasteiger partial charge in [-0.3, -0.25) is 0 Å². The van der Waals surface area contributed by atoms with Gasteiger partial charge in [-0.05, 0) is 19.4 Å². The molecular formula is C12H15N3O2. The minimum absolute atomic E-state index is 0.248. The van der Waals surface area contributed by atoms with Crippen LogP contribution >= 0.6 is 0 Å². The summed E-state index contributed by atoms with van der Waals surface area (Å²) < 4.78 is 5.05. The molecule has 5 heteroatoms. The molecule has 1 aromatic heterocycles. The lowest BCUT2D eigenvalue weighted by atomic mass is 10.1. The Morgan fingerprint density at radius 2 is 2.06 bits per heavy atom. The van der Waals surface area contributed by atoms with Crippen LogP contribution in [0.1, 0.15) is 24.4 Å². The average Bonchev–Trinajstić information content (AvgIpc) is 2.77. The van der Waals surface area contributed by atoms with Gasteiger partial charge >= 0.3 is 0 Å². The quantitative estimate of drug-likeness (QED) is 0.837. The Morgan fingerprint density at radius 1 is 1.35 bits per heavy atom. The fourth-order valence-corrected chi connectivity index (χ4v) is 1.51. The van der Waals surface area contributed by atoms with Crippen molar-refractivity contribution in [3.63, 3.8) is 0 Å². The maximum atomic E-state index is 9.36. The second kappa shape index (κ2) is 4.65. The number of hydrogen-bond donors (Lipinski definition) is 2. The van der Waals surface area contributed by atoms with Crippen LogP contribution in [0.2, 0.25) is 0 Å². The minimum atomic E-state index is -0.722. The Kier molecular flexibility index (Phi) is 3.21. The molecule has 1 heterocycles. The summed E-state index contributed by atoms with van der Waals surface area (Å²) in [6, 6.07) is 7.09. The maximum Gasteiger partial charge on any atom is 0.246 e. The van der Waals surface area contributed by atoms with Crippen LogP contribution < -0.4 is 5.73 Å². The van der Waals surface area contributed by atoms with E-state index >= 15 is 0 Å². The predicted molar refractivity (Wildman–Crippen MR) is 63.1 cm³/mol. The van der Waals surface area contributed by atoms with Gasteiger partial charge in [0.25, 0.3) is 0 Å². The average molecular weight is 233 g/mol. The third kappa shape index (κ3) is 2.35. The second-order valence-corrected chi connectivity index (χ2v) is 4.04. The zero-order chi connectivity index (χ0) is 12.4. The first-order valence-electron chi connectivity index (χ1n) is 5.43. The molecule has 2 atom stereocenters. The number of aliphatic hydroxyl groups is 1. The van der Waals surface area contributed by atoms with Crippen molar-refractivity contribution >= 4 is 0 Å². The third-order valence-corrected chi connectivity index (χ3v) is 2.63. The van der Waals surface area contributed by atoms with Crippen LogP contribution in [-0.4, -0.2) is 21.4 Å². The summed E-state index contributed by atoms with van der Waals surface area (Å²) in [5, 5.41) is 13.2. The van der Waals surface area contributed by atoms with Crippen LogP contribution in [0.25, 0.3) is 11.4 Å². The summed E-state index contributed by atoms with van der Waals surface area (Å²) in [7, 11) is 0. The Hall–Kier alpha value is -1.72. The van der Waals surface area contributed by atoms with Crippen molar-refractivity contribution in [3.8, 4) is 11.4 Å². The van der Waals surface area contributed by atoms with E-state index in [9.17, 15) is 5.11 Å². The highest BCUT2D eigenvalue weighted by Gasteiger charge is 2.20. The second-order valence-electron chi connectivity index (χ2n) is 4.04. The highest BCUT2D eigenvalue weighted by molar-refractivity contribution is 5.58. The van der Waals surface area contributed by atoms with E-state index in [1.807, 2.05) is 31.2 Å². The van der Waals surface area contributed by atoms with Gasteiger partial charge in [-0.25, -0.2) is 0 Å². The molecule has 0 aliphatic carbocycles. The molecule has 0 radical (unpaired) electrons. The lowest BCUT2D eigenvalue weighted by Gasteiger charge is -2.08. The Balaban J connectivity index is 2.34. The van der Waals surface area contributed by atoms with E-state index in [2.05, 4.69) is 10.1 Å². The van der Waals surface area contributed by atoms with E-state index in [1.54, 1.807) is 6.92 Å². The van der Waals surface area contributed by atoms with E-state index in [4.69, 9.17) is 10.3 Å². The van der Waals surface area contributed by atoms with Crippen molar-refractivity contribution < 1.29 is 9.63 Å². The number of hydrogen-bond acceptors (Lipinski definition) is 5. The Bertz CT molecular complexity index is 508. The van der Waals surface area contributed by atoms with E-state index in [-0.39, 0.29) is 5.89 Å². The summed E-state index contributed by atoms with van der Waals surface area (Å²) in [5.41, 5.74) is 7.68. The molecule has 2 aromatic rings. The summed E-state index contributed by atoms with van der Waals surface area (Å²) >= 11 is 0. The van der Waals surface area contributed by atoms with Gasteiger partial charge < -0.3 is 15.4 Å². The fraction of sp³-hybridized carbons (Fsp3) is 0.333. The molecule has 2 rings (SSSR count). The number of rotatable bonds is 3. The van der Waals surface area contributed by atoms with Crippen LogP contribution in [0.15, 0.2) is 28.8 Å². The van der Waals surface area contributed by atoms with Gasteiger partial charge in [-0.2, -0.15) is 4.98 Å². The lowest BCUT2D eigenvalue weighted by molar-refractivity contribution is 0.146. The van der Waals surface area contributed by atoms with Gasteiger partial charge in [0, 0.05) is 5.56 Å². The molecule has 0 fully saturated rings. The summed E-state index contributed by atoms with van der Waals surface area (Å²) in [6.45, 7) is 3.56. The third-order valence-electron chi connectivity index (χ3n) is 2.63. The molecule has 1 aromatic carbocycles. The predicted octanol–water partition coefficient (Wildman–Crippen LogP) is 1.43. The molecule has 17 heavy (non-hydrogen) atoms. The van der Waals surface area contributed by atoms with Gasteiger partial charge in [0.1, 0.15) is 6.04 Å². The number of nitrogens with two attached hydrogens (primary N) is 1. The molecule has 0 spiro atoms. The Labute approximate surface area is 99.3 Å². The van der Waals surface area contributed by atoms with E-state index < -0.39 is 12.1 Å². The first-order valence-corrected chi connectivity index (χ1v) is 5.43. The number of aryl methyl sites for hydroxylation is 1. The molecule has 0 aliphatic heterocycles. The number of benzene rings is 1. The van der Waals surface area contributed by atoms with Gasteiger partial charge in [0.2, 0.25) is 11.7 Å². The highest BCUT2D eigenvalue weighted by atomic mass is 16.5. The van der Waals surface area contributed by atoms with Gasteiger partial charge in [-0.15, -0.1) is 0 Å². The van der Waals surface area contributed by atoms with Crippen molar-refractivity contribution in [2.24, 2.45) is 5.73 Å². The van der Waals surface area contributed by atoms with Crippen LogP contribution in [0.3, 0.4) is 0 Å². The Morgan fingerprint density at radius 3 is 2.71 bits per heavy atom.